The highest BCUT2D eigenvalue weighted by atomic mass is 32.2. The van der Waals surface area contributed by atoms with Crippen LogP contribution in [0.15, 0.2) is 0 Å². The average Bonchev–Trinajstić information content (AvgIpc) is 2.53. The molecule has 1 amide bonds. The van der Waals surface area contributed by atoms with Crippen LogP contribution in [0.5, 0.6) is 0 Å². The molecular weight excluding hydrogens is 316 g/mol. The van der Waals surface area contributed by atoms with E-state index in [2.05, 4.69) is 4.72 Å². The summed E-state index contributed by atoms with van der Waals surface area (Å²) in [5.74, 6) is 0.691. The lowest BCUT2D eigenvalue weighted by Gasteiger charge is -2.35. The average molecular weight is 346 g/mol. The van der Waals surface area contributed by atoms with Gasteiger partial charge in [0.1, 0.15) is 0 Å². The van der Waals surface area contributed by atoms with Crippen molar-refractivity contribution < 1.29 is 13.2 Å². The van der Waals surface area contributed by atoms with Gasteiger partial charge in [-0.05, 0) is 31.1 Å². The highest BCUT2D eigenvalue weighted by molar-refractivity contribution is 7.87. The molecule has 0 bridgehead atoms. The number of nitrogens with zero attached hydrogens (tertiary/aromatic N) is 1. The predicted octanol–water partition coefficient (Wildman–Crippen LogP) is 0.316. The highest BCUT2D eigenvalue weighted by Gasteiger charge is 2.29. The molecule has 1 aliphatic carbocycles. The van der Waals surface area contributed by atoms with Crippen LogP contribution in [0, 0.1) is 11.8 Å². The second-order valence-electron chi connectivity index (χ2n) is 7.03. The Hall–Kier alpha value is -0.700. The van der Waals surface area contributed by atoms with Crippen LogP contribution in [0.2, 0.25) is 0 Å². The van der Waals surface area contributed by atoms with E-state index in [0.717, 1.165) is 19.3 Å². The van der Waals surface area contributed by atoms with Gasteiger partial charge in [-0.2, -0.15) is 8.42 Å². The first-order valence-electron chi connectivity index (χ1n) is 8.67. The lowest BCUT2D eigenvalue weighted by atomic mass is 9.84. The Labute approximate surface area is 139 Å². The highest BCUT2D eigenvalue weighted by Crippen LogP contribution is 2.27. The molecule has 134 valence electrons. The zero-order valence-corrected chi connectivity index (χ0v) is 14.6. The summed E-state index contributed by atoms with van der Waals surface area (Å²) < 4.78 is 24.3. The minimum atomic E-state index is -3.67. The molecule has 1 aliphatic heterocycles. The van der Waals surface area contributed by atoms with Gasteiger partial charge in [0.15, 0.2) is 0 Å². The van der Waals surface area contributed by atoms with E-state index in [-0.39, 0.29) is 18.4 Å². The maximum Gasteiger partial charge on any atom is 0.274 e. The lowest BCUT2D eigenvalue weighted by molar-refractivity contribution is -0.134. The molecule has 0 spiro atoms. The first kappa shape index (κ1) is 18.6. The molecule has 8 heteroatoms. The van der Waals surface area contributed by atoms with E-state index >= 15 is 0 Å². The molecule has 2 aliphatic rings. The third kappa shape index (κ3) is 6.37. The van der Waals surface area contributed by atoms with Crippen LogP contribution in [0.4, 0.5) is 0 Å². The molecule has 7 nitrogen and oxygen atoms in total. The molecule has 0 aromatic rings. The van der Waals surface area contributed by atoms with Gasteiger partial charge in [0.2, 0.25) is 5.91 Å². The molecule has 0 radical (unpaired) electrons. The largest absolute Gasteiger partial charge is 0.341 e. The van der Waals surface area contributed by atoms with Crippen LogP contribution < -0.4 is 15.6 Å². The van der Waals surface area contributed by atoms with Crippen LogP contribution in [0.3, 0.4) is 0 Å². The van der Waals surface area contributed by atoms with E-state index < -0.39 is 16.3 Å². The van der Waals surface area contributed by atoms with Crippen molar-refractivity contribution in [2.75, 3.05) is 19.6 Å². The SMILES string of the molecule is NC(CC1CCCCC1)C(=O)N1CCCC(CNS(N)(=O)=O)C1. The molecule has 0 aromatic carbocycles. The van der Waals surface area contributed by atoms with Crippen molar-refractivity contribution in [1.29, 1.82) is 0 Å². The zero-order valence-electron chi connectivity index (χ0n) is 13.7. The van der Waals surface area contributed by atoms with Gasteiger partial charge in [-0.3, -0.25) is 4.79 Å². The Balaban J connectivity index is 1.80. The van der Waals surface area contributed by atoms with Gasteiger partial charge < -0.3 is 10.6 Å². The maximum atomic E-state index is 12.6. The van der Waals surface area contributed by atoms with Gasteiger partial charge in [0.25, 0.3) is 10.2 Å². The third-order valence-electron chi connectivity index (χ3n) is 5.03. The Bertz CT molecular complexity index is 491. The number of carbonyl (C=O) groups is 1. The second kappa shape index (κ2) is 8.41. The number of rotatable bonds is 6. The summed E-state index contributed by atoms with van der Waals surface area (Å²) in [6.45, 7) is 1.54. The number of hydrogen-bond donors (Lipinski definition) is 3. The smallest absolute Gasteiger partial charge is 0.274 e. The lowest BCUT2D eigenvalue weighted by Crippen LogP contribution is -2.50. The summed E-state index contributed by atoms with van der Waals surface area (Å²) in [6, 6.07) is -0.428. The first-order chi connectivity index (χ1) is 10.8. The van der Waals surface area contributed by atoms with E-state index in [0.29, 0.717) is 19.0 Å². The number of carbonyl (C=O) groups excluding carboxylic acids is 1. The van der Waals surface area contributed by atoms with E-state index in [9.17, 15) is 13.2 Å². The molecule has 0 aromatic heterocycles. The Morgan fingerprint density at radius 2 is 1.78 bits per heavy atom. The minimum absolute atomic E-state index is 0.0101. The number of hydrogen-bond acceptors (Lipinski definition) is 4. The van der Waals surface area contributed by atoms with Gasteiger partial charge in [0, 0.05) is 19.6 Å². The quantitative estimate of drug-likeness (QED) is 0.641. The van der Waals surface area contributed by atoms with Crippen molar-refractivity contribution in [3.05, 3.63) is 0 Å². The second-order valence-corrected chi connectivity index (χ2v) is 8.41. The van der Waals surface area contributed by atoms with Crippen LogP contribution in [0.1, 0.15) is 51.4 Å². The number of likely N-dealkylation sites (tertiary alicyclic amines) is 1. The first-order valence-corrected chi connectivity index (χ1v) is 10.2. The molecule has 1 saturated heterocycles. The fourth-order valence-corrected chi connectivity index (χ4v) is 4.25. The van der Waals surface area contributed by atoms with E-state index in [1.807, 2.05) is 0 Å². The number of nitrogens with two attached hydrogens (primary N) is 2. The number of piperidine rings is 1. The minimum Gasteiger partial charge on any atom is -0.341 e. The molecule has 5 N–H and O–H groups in total. The van der Waals surface area contributed by atoms with Crippen molar-refractivity contribution in [3.63, 3.8) is 0 Å². The topological polar surface area (TPSA) is 119 Å². The fraction of sp³-hybridized carbons (Fsp3) is 0.933. The van der Waals surface area contributed by atoms with Gasteiger partial charge in [-0.15, -0.1) is 0 Å². The molecule has 2 unspecified atom stereocenters. The molecule has 2 fully saturated rings. The normalized spacial score (nSPS) is 25.3. The standard InChI is InChI=1S/C15H30N4O3S/c16-14(9-12-5-2-1-3-6-12)15(20)19-8-4-7-13(11-19)10-18-23(17,21)22/h12-14,18H,1-11,16H2,(H2,17,21,22). The summed E-state index contributed by atoms with van der Waals surface area (Å²) in [4.78, 5) is 14.4. The summed E-state index contributed by atoms with van der Waals surface area (Å²) in [5.41, 5.74) is 6.14. The maximum absolute atomic E-state index is 12.6. The Kier molecular flexibility index (Phi) is 6.82. The van der Waals surface area contributed by atoms with Crippen molar-refractivity contribution in [2.24, 2.45) is 22.7 Å². The van der Waals surface area contributed by atoms with E-state index in [1.165, 1.54) is 32.1 Å². The Morgan fingerprint density at radius 3 is 2.43 bits per heavy atom. The molecule has 2 atom stereocenters. The molecule has 2 rings (SSSR count). The van der Waals surface area contributed by atoms with Crippen LogP contribution in [-0.2, 0) is 15.0 Å². The monoisotopic (exact) mass is 346 g/mol. The van der Waals surface area contributed by atoms with Gasteiger partial charge in [-0.1, -0.05) is 32.1 Å². The summed E-state index contributed by atoms with van der Waals surface area (Å²) >= 11 is 0. The zero-order chi connectivity index (χ0) is 16.9. The van der Waals surface area contributed by atoms with Gasteiger partial charge in [0.05, 0.1) is 6.04 Å². The fourth-order valence-electron chi connectivity index (χ4n) is 3.78. The molecule has 23 heavy (non-hydrogen) atoms. The van der Waals surface area contributed by atoms with Gasteiger partial charge >= 0.3 is 0 Å². The van der Waals surface area contributed by atoms with Crippen LogP contribution >= 0.6 is 0 Å². The molecule has 1 heterocycles. The summed E-state index contributed by atoms with van der Waals surface area (Å²) in [7, 11) is -3.67. The van der Waals surface area contributed by atoms with E-state index in [1.54, 1.807) is 4.90 Å². The van der Waals surface area contributed by atoms with Gasteiger partial charge in [-0.25, -0.2) is 9.86 Å². The Morgan fingerprint density at radius 1 is 1.13 bits per heavy atom. The molecule has 1 saturated carbocycles. The van der Waals surface area contributed by atoms with E-state index in [4.69, 9.17) is 10.9 Å². The summed E-state index contributed by atoms with van der Waals surface area (Å²) in [6.07, 6.45) is 8.69. The molecular formula is C15H30N4O3S. The number of amides is 1. The van der Waals surface area contributed by atoms with Crippen molar-refractivity contribution in [1.82, 2.24) is 9.62 Å². The number of nitrogens with one attached hydrogen (secondary N) is 1. The summed E-state index contributed by atoms with van der Waals surface area (Å²) in [5, 5.41) is 4.96. The van der Waals surface area contributed by atoms with Crippen LogP contribution in [-0.4, -0.2) is 44.9 Å². The van der Waals surface area contributed by atoms with Crippen molar-refractivity contribution in [2.45, 2.75) is 57.4 Å². The van der Waals surface area contributed by atoms with Crippen molar-refractivity contribution in [3.8, 4) is 0 Å². The van der Waals surface area contributed by atoms with Crippen LogP contribution in [0.25, 0.3) is 0 Å². The predicted molar refractivity (Wildman–Crippen MR) is 89.6 cm³/mol. The van der Waals surface area contributed by atoms with Crippen molar-refractivity contribution >= 4 is 16.1 Å². The third-order valence-corrected chi connectivity index (χ3v) is 5.60.